The summed E-state index contributed by atoms with van der Waals surface area (Å²) in [6.07, 6.45) is 2.50. The number of carbonyl (C=O) groups is 1. The fraction of sp³-hybridized carbons (Fsp3) is 0. The van der Waals surface area contributed by atoms with Gasteiger partial charge in [0.2, 0.25) is 0 Å². The maximum atomic E-state index is 10.9. The van der Waals surface area contributed by atoms with Gasteiger partial charge in [0.15, 0.2) is 6.29 Å². The zero-order chi connectivity index (χ0) is 11.7. The van der Waals surface area contributed by atoms with E-state index in [0.29, 0.717) is 20.6 Å². The molecule has 0 fully saturated rings. The Morgan fingerprint density at radius 2 is 2.06 bits per heavy atom. The Bertz CT molecular complexity index is 511. The molecule has 1 unspecified atom stereocenters. The monoisotopic (exact) mass is 273 g/mol. The molecule has 5 heteroatoms. The molecule has 0 bridgehead atoms. The predicted octanol–water partition coefficient (Wildman–Crippen LogP) is 3.25. The molecule has 2 rings (SSSR count). The third-order valence-electron chi connectivity index (χ3n) is 2.18. The summed E-state index contributed by atoms with van der Waals surface area (Å²) in [7, 11) is -0.891. The van der Waals surface area contributed by atoms with Crippen molar-refractivity contribution in [3.05, 3.63) is 50.3 Å². The quantitative estimate of drug-likeness (QED) is 0.642. The number of hydrogen-bond donors (Lipinski definition) is 2. The number of halogens is 2. The van der Waals surface area contributed by atoms with Crippen molar-refractivity contribution in [2.75, 3.05) is 0 Å². The van der Waals surface area contributed by atoms with Crippen LogP contribution >= 0.6 is 34.1 Å². The van der Waals surface area contributed by atoms with E-state index < -0.39 is 10.9 Å². The number of aldehydes is 1. The van der Waals surface area contributed by atoms with Crippen LogP contribution in [0.25, 0.3) is 0 Å². The Morgan fingerprint density at radius 1 is 1.31 bits per heavy atom. The lowest BCUT2D eigenvalue weighted by atomic mass is 10.4. The van der Waals surface area contributed by atoms with Crippen molar-refractivity contribution in [2.24, 2.45) is 5.73 Å². The number of benzene rings is 1. The second kappa shape index (κ2) is 4.53. The van der Waals surface area contributed by atoms with Crippen LogP contribution in [0.1, 0.15) is 0 Å². The highest BCUT2D eigenvalue weighted by Gasteiger charge is 2.19. The zero-order valence-electron chi connectivity index (χ0n) is 8.15. The van der Waals surface area contributed by atoms with Crippen molar-refractivity contribution in [1.82, 2.24) is 0 Å². The molecule has 2 N–H and O–H groups in total. The van der Waals surface area contributed by atoms with Gasteiger partial charge in [0.25, 0.3) is 0 Å². The van der Waals surface area contributed by atoms with Gasteiger partial charge in [0.05, 0.1) is 10.0 Å². The minimum atomic E-state index is -0.891. The first-order chi connectivity index (χ1) is 7.63. The average Bonchev–Trinajstić information content (AvgIpc) is 2.63. The van der Waals surface area contributed by atoms with E-state index >= 15 is 0 Å². The van der Waals surface area contributed by atoms with Gasteiger partial charge in [0.1, 0.15) is 0 Å². The van der Waals surface area contributed by atoms with Crippen LogP contribution in [-0.2, 0) is 4.79 Å². The molecule has 0 amide bonds. The lowest BCUT2D eigenvalue weighted by molar-refractivity contribution is -0.104. The highest BCUT2D eigenvalue weighted by atomic mass is 35.5. The minimum Gasteiger partial charge on any atom is -0.398 e. The van der Waals surface area contributed by atoms with Gasteiger partial charge in [-0.05, 0) is 23.6 Å². The van der Waals surface area contributed by atoms with Crippen LogP contribution in [-0.4, -0.2) is 6.29 Å². The van der Waals surface area contributed by atoms with Crippen molar-refractivity contribution in [1.29, 1.82) is 0 Å². The van der Waals surface area contributed by atoms with Gasteiger partial charge in [-0.1, -0.05) is 29.3 Å². The summed E-state index contributed by atoms with van der Waals surface area (Å²) in [5.74, 6) is 0. The van der Waals surface area contributed by atoms with Gasteiger partial charge in [-0.2, -0.15) is 10.9 Å². The maximum absolute atomic E-state index is 10.9. The summed E-state index contributed by atoms with van der Waals surface area (Å²) in [4.78, 5) is 12.4. The molecule has 16 heavy (non-hydrogen) atoms. The molecule has 1 aromatic rings. The topological polar surface area (TPSA) is 43.1 Å². The first-order valence-electron chi connectivity index (χ1n) is 4.51. The lowest BCUT2D eigenvalue weighted by Gasteiger charge is -2.16. The predicted molar refractivity (Wildman–Crippen MR) is 70.1 cm³/mol. The van der Waals surface area contributed by atoms with E-state index in [9.17, 15) is 4.79 Å². The highest BCUT2D eigenvalue weighted by Crippen LogP contribution is 2.52. The number of carbonyl (C=O) groups excluding carboxylic acids is 1. The molecule has 1 aliphatic rings. The Kier molecular flexibility index (Phi) is 3.28. The standard InChI is InChI=1S/C11H9Cl2NOS/c12-9-2-1-3-10(11(9)13)16-6-7(14)4-8(16)5-15/h1-6,16H,14H2. The van der Waals surface area contributed by atoms with Crippen molar-refractivity contribution < 1.29 is 4.79 Å². The Hall–Kier alpha value is -0.900. The summed E-state index contributed by atoms with van der Waals surface area (Å²) in [5.41, 5.74) is 6.28. The molecular weight excluding hydrogens is 265 g/mol. The third-order valence-corrected chi connectivity index (χ3v) is 5.37. The molecule has 0 aliphatic carbocycles. The largest absolute Gasteiger partial charge is 0.398 e. The van der Waals surface area contributed by atoms with E-state index in [0.717, 1.165) is 11.2 Å². The van der Waals surface area contributed by atoms with Crippen LogP contribution in [0, 0.1) is 0 Å². The molecule has 1 aliphatic heterocycles. The van der Waals surface area contributed by atoms with E-state index in [2.05, 4.69) is 0 Å². The summed E-state index contributed by atoms with van der Waals surface area (Å²) in [6, 6.07) is 5.40. The first-order valence-corrected chi connectivity index (χ1v) is 6.67. The maximum Gasteiger partial charge on any atom is 0.155 e. The van der Waals surface area contributed by atoms with Crippen LogP contribution in [0.2, 0.25) is 10.0 Å². The van der Waals surface area contributed by atoms with Gasteiger partial charge in [-0.3, -0.25) is 4.79 Å². The van der Waals surface area contributed by atoms with Crippen molar-refractivity contribution >= 4 is 40.4 Å². The van der Waals surface area contributed by atoms with Gasteiger partial charge in [0, 0.05) is 15.5 Å². The zero-order valence-corrected chi connectivity index (χ0v) is 10.6. The highest BCUT2D eigenvalue weighted by molar-refractivity contribution is 8.23. The van der Waals surface area contributed by atoms with E-state index in [1.807, 2.05) is 17.5 Å². The van der Waals surface area contributed by atoms with Crippen LogP contribution in [0.5, 0.6) is 0 Å². The number of hydrogen-bond acceptors (Lipinski definition) is 2. The van der Waals surface area contributed by atoms with E-state index in [-0.39, 0.29) is 0 Å². The average molecular weight is 274 g/mol. The van der Waals surface area contributed by atoms with Gasteiger partial charge >= 0.3 is 0 Å². The Balaban J connectivity index is 2.50. The fourth-order valence-electron chi connectivity index (χ4n) is 1.48. The van der Waals surface area contributed by atoms with Crippen LogP contribution in [0.4, 0.5) is 0 Å². The van der Waals surface area contributed by atoms with Crippen LogP contribution in [0.3, 0.4) is 0 Å². The number of allylic oxidation sites excluding steroid dienone is 2. The molecular formula is C11H9Cl2NOS. The number of rotatable bonds is 2. The molecule has 1 heterocycles. The van der Waals surface area contributed by atoms with E-state index in [4.69, 9.17) is 28.9 Å². The molecule has 1 atom stereocenters. The normalized spacial score (nSPS) is 21.5. The van der Waals surface area contributed by atoms with Gasteiger partial charge in [-0.25, -0.2) is 0 Å². The molecule has 84 valence electrons. The van der Waals surface area contributed by atoms with Gasteiger partial charge < -0.3 is 5.73 Å². The lowest BCUT2D eigenvalue weighted by Crippen LogP contribution is -1.87. The fourth-order valence-corrected chi connectivity index (χ4v) is 4.04. The number of thiol groups is 1. The second-order valence-corrected chi connectivity index (χ2v) is 6.04. The molecule has 1 aromatic carbocycles. The third kappa shape index (κ3) is 1.98. The molecule has 0 aromatic heterocycles. The molecule has 0 radical (unpaired) electrons. The molecule has 0 saturated carbocycles. The smallest absolute Gasteiger partial charge is 0.155 e. The molecule has 0 spiro atoms. The van der Waals surface area contributed by atoms with Crippen LogP contribution in [0.15, 0.2) is 45.2 Å². The van der Waals surface area contributed by atoms with E-state index in [1.54, 1.807) is 12.1 Å². The Morgan fingerprint density at radius 3 is 2.75 bits per heavy atom. The van der Waals surface area contributed by atoms with Crippen molar-refractivity contribution in [2.45, 2.75) is 4.90 Å². The SMILES string of the molecule is NC1=C[SH](c2cccc(Cl)c2Cl)C(C=O)=C1. The molecule has 2 nitrogen and oxygen atoms in total. The van der Waals surface area contributed by atoms with Crippen LogP contribution < -0.4 is 5.73 Å². The van der Waals surface area contributed by atoms with Gasteiger partial charge in [-0.15, -0.1) is 0 Å². The summed E-state index contributed by atoms with van der Waals surface area (Å²) in [6.45, 7) is 0. The van der Waals surface area contributed by atoms with E-state index in [1.165, 1.54) is 0 Å². The molecule has 0 saturated heterocycles. The first kappa shape index (κ1) is 11.6. The summed E-state index contributed by atoms with van der Waals surface area (Å²) >= 11 is 12.1. The Labute approximate surface area is 106 Å². The summed E-state index contributed by atoms with van der Waals surface area (Å²) < 4.78 is 0. The van der Waals surface area contributed by atoms with Crippen molar-refractivity contribution in [3.63, 3.8) is 0 Å². The van der Waals surface area contributed by atoms with Crippen molar-refractivity contribution in [3.8, 4) is 0 Å². The number of nitrogens with two attached hydrogens (primary N) is 1. The minimum absolute atomic E-state index is 0.491. The second-order valence-electron chi connectivity index (χ2n) is 3.26. The summed E-state index contributed by atoms with van der Waals surface area (Å²) in [5, 5.41) is 2.84.